The minimum Gasteiger partial charge on any atom is -0.392 e. The maximum atomic E-state index is 12.0. The van der Waals surface area contributed by atoms with Crippen LogP contribution in [0.25, 0.3) is 0 Å². The van der Waals surface area contributed by atoms with E-state index in [0.29, 0.717) is 5.75 Å². The molecule has 1 aromatic carbocycles. The van der Waals surface area contributed by atoms with E-state index in [1.807, 2.05) is 13.8 Å². The third-order valence-electron chi connectivity index (χ3n) is 2.04. The first-order valence-corrected chi connectivity index (χ1v) is 6.65. The zero-order valence-corrected chi connectivity index (χ0v) is 11.0. The molecule has 1 aromatic rings. The smallest absolute Gasteiger partial charge is 0.309 e. The van der Waals surface area contributed by atoms with Gasteiger partial charge in [0.05, 0.1) is 20.7 Å². The maximum Gasteiger partial charge on any atom is 0.309 e. The van der Waals surface area contributed by atoms with Crippen molar-refractivity contribution >= 4 is 33.8 Å². The lowest BCUT2D eigenvalue weighted by Crippen LogP contribution is -2.08. The highest BCUT2D eigenvalue weighted by atomic mass is 35.5. The Balaban J connectivity index is 3.29. The summed E-state index contributed by atoms with van der Waals surface area (Å²) >= 11 is 5.71. The van der Waals surface area contributed by atoms with Gasteiger partial charge in [-0.2, -0.15) is 0 Å². The van der Waals surface area contributed by atoms with Crippen LogP contribution >= 0.6 is 11.6 Å². The van der Waals surface area contributed by atoms with Crippen LogP contribution < -0.4 is 5.73 Å². The highest BCUT2D eigenvalue weighted by Gasteiger charge is 2.24. The highest BCUT2D eigenvalue weighted by Crippen LogP contribution is 2.34. The van der Waals surface area contributed by atoms with Crippen LogP contribution in [-0.4, -0.2) is 14.9 Å². The quantitative estimate of drug-likeness (QED) is 0.520. The van der Waals surface area contributed by atoms with E-state index in [-0.39, 0.29) is 27.2 Å². The van der Waals surface area contributed by atoms with Crippen molar-refractivity contribution in [1.29, 1.82) is 0 Å². The SMILES string of the molecule is CC(C)CS(=O)c1ccc(Cl)c(N)c1[N+](=O)[O-]. The molecule has 1 unspecified atom stereocenters. The molecule has 0 amide bonds. The fourth-order valence-electron chi connectivity index (χ4n) is 1.33. The van der Waals surface area contributed by atoms with Crippen LogP contribution in [0.2, 0.25) is 5.02 Å². The van der Waals surface area contributed by atoms with E-state index in [1.54, 1.807) is 0 Å². The van der Waals surface area contributed by atoms with Crippen molar-refractivity contribution in [2.45, 2.75) is 18.7 Å². The van der Waals surface area contributed by atoms with Crippen LogP contribution in [0.15, 0.2) is 17.0 Å². The molecule has 5 nitrogen and oxygen atoms in total. The van der Waals surface area contributed by atoms with Gasteiger partial charge in [-0.1, -0.05) is 25.4 Å². The van der Waals surface area contributed by atoms with Gasteiger partial charge in [-0.05, 0) is 18.1 Å². The Morgan fingerprint density at radius 1 is 1.53 bits per heavy atom. The van der Waals surface area contributed by atoms with Gasteiger partial charge >= 0.3 is 5.69 Å². The molecule has 0 bridgehead atoms. The van der Waals surface area contributed by atoms with Gasteiger partial charge in [-0.25, -0.2) is 0 Å². The number of anilines is 1. The molecule has 94 valence electrons. The Morgan fingerprint density at radius 3 is 2.59 bits per heavy atom. The number of nitro benzene ring substituents is 1. The van der Waals surface area contributed by atoms with Crippen molar-refractivity contribution in [3.63, 3.8) is 0 Å². The predicted molar refractivity (Wildman–Crippen MR) is 68.6 cm³/mol. The van der Waals surface area contributed by atoms with E-state index >= 15 is 0 Å². The number of benzene rings is 1. The van der Waals surface area contributed by atoms with Gasteiger partial charge in [0.25, 0.3) is 0 Å². The molecule has 0 heterocycles. The number of nitro groups is 1. The normalized spacial score (nSPS) is 12.7. The largest absolute Gasteiger partial charge is 0.392 e. The highest BCUT2D eigenvalue weighted by molar-refractivity contribution is 7.85. The molecule has 1 rings (SSSR count). The van der Waals surface area contributed by atoms with Crippen molar-refractivity contribution in [3.05, 3.63) is 27.3 Å². The first kappa shape index (κ1) is 13.9. The second-order valence-electron chi connectivity index (χ2n) is 3.97. The fraction of sp³-hybridized carbons (Fsp3) is 0.400. The average Bonchev–Trinajstić information content (AvgIpc) is 2.19. The van der Waals surface area contributed by atoms with E-state index in [9.17, 15) is 14.3 Å². The molecule has 1 atom stereocenters. The van der Waals surface area contributed by atoms with Crippen molar-refractivity contribution in [3.8, 4) is 0 Å². The Labute approximate surface area is 107 Å². The van der Waals surface area contributed by atoms with Crippen LogP contribution in [0.1, 0.15) is 13.8 Å². The first-order chi connectivity index (χ1) is 7.84. The number of rotatable bonds is 4. The molecule has 2 N–H and O–H groups in total. The van der Waals surface area contributed by atoms with Crippen molar-refractivity contribution < 1.29 is 9.13 Å². The molecule has 17 heavy (non-hydrogen) atoms. The summed E-state index contributed by atoms with van der Waals surface area (Å²) in [6, 6.07) is 2.83. The summed E-state index contributed by atoms with van der Waals surface area (Å²) in [6.45, 7) is 3.78. The Kier molecular flexibility index (Phi) is 4.47. The van der Waals surface area contributed by atoms with Gasteiger partial charge in [-0.15, -0.1) is 0 Å². The van der Waals surface area contributed by atoms with E-state index in [2.05, 4.69) is 0 Å². The van der Waals surface area contributed by atoms with Gasteiger partial charge in [0.15, 0.2) is 0 Å². The molecule has 0 fully saturated rings. The third kappa shape index (κ3) is 3.17. The number of hydrogen-bond acceptors (Lipinski definition) is 4. The number of nitrogens with two attached hydrogens (primary N) is 1. The zero-order chi connectivity index (χ0) is 13.2. The summed E-state index contributed by atoms with van der Waals surface area (Å²) in [4.78, 5) is 10.4. The fourth-order valence-corrected chi connectivity index (χ4v) is 2.89. The Hall–Kier alpha value is -1.14. The van der Waals surface area contributed by atoms with Crippen LogP contribution in [0.3, 0.4) is 0 Å². The maximum absolute atomic E-state index is 12.0. The zero-order valence-electron chi connectivity index (χ0n) is 9.47. The summed E-state index contributed by atoms with van der Waals surface area (Å²) in [7, 11) is -1.44. The lowest BCUT2D eigenvalue weighted by Gasteiger charge is -2.08. The van der Waals surface area contributed by atoms with Crippen LogP contribution in [0.5, 0.6) is 0 Å². The molecule has 0 saturated heterocycles. The number of hydrogen-bond donors (Lipinski definition) is 1. The summed E-state index contributed by atoms with van der Waals surface area (Å²) < 4.78 is 12.0. The van der Waals surface area contributed by atoms with Gasteiger partial charge in [0.2, 0.25) is 0 Å². The van der Waals surface area contributed by atoms with E-state index in [4.69, 9.17) is 17.3 Å². The third-order valence-corrected chi connectivity index (χ3v) is 4.16. The second kappa shape index (κ2) is 5.46. The lowest BCUT2D eigenvalue weighted by atomic mass is 10.3. The van der Waals surface area contributed by atoms with Gasteiger partial charge in [0, 0.05) is 5.75 Å². The molecule has 0 aliphatic heterocycles. The summed E-state index contributed by atoms with van der Waals surface area (Å²) in [5.41, 5.74) is 5.06. The average molecular weight is 277 g/mol. The van der Waals surface area contributed by atoms with Crippen molar-refractivity contribution in [1.82, 2.24) is 0 Å². The molecule has 7 heteroatoms. The molecule has 0 aliphatic rings. The first-order valence-electron chi connectivity index (χ1n) is 4.95. The number of nitrogen functional groups attached to an aromatic ring is 1. The minimum absolute atomic E-state index is 0.0991. The molecule has 0 spiro atoms. The van der Waals surface area contributed by atoms with Crippen molar-refractivity contribution in [2.75, 3.05) is 11.5 Å². The van der Waals surface area contributed by atoms with Crippen LogP contribution in [-0.2, 0) is 10.8 Å². The molecular weight excluding hydrogens is 264 g/mol. The van der Waals surface area contributed by atoms with E-state index in [0.717, 1.165) is 0 Å². The summed E-state index contributed by atoms with van der Waals surface area (Å²) in [5.74, 6) is 0.523. The second-order valence-corrected chi connectivity index (χ2v) is 5.84. The Bertz CT molecular complexity index is 477. The molecule has 0 aliphatic carbocycles. The molecular formula is C10H13ClN2O3S. The monoisotopic (exact) mass is 276 g/mol. The molecule has 0 radical (unpaired) electrons. The Morgan fingerprint density at radius 2 is 2.12 bits per heavy atom. The number of halogens is 1. The van der Waals surface area contributed by atoms with E-state index < -0.39 is 15.7 Å². The van der Waals surface area contributed by atoms with E-state index in [1.165, 1.54) is 12.1 Å². The minimum atomic E-state index is -1.44. The van der Waals surface area contributed by atoms with Gasteiger partial charge in [0.1, 0.15) is 10.6 Å². The van der Waals surface area contributed by atoms with Gasteiger partial charge < -0.3 is 5.73 Å². The summed E-state index contributed by atoms with van der Waals surface area (Å²) in [6.07, 6.45) is 0. The molecule has 0 aromatic heterocycles. The standard InChI is InChI=1S/C10H13ClN2O3S/c1-6(2)5-17(16)8-4-3-7(11)9(12)10(8)13(14)15/h3-4,6H,5,12H2,1-2H3. The lowest BCUT2D eigenvalue weighted by molar-refractivity contribution is -0.386. The van der Waals surface area contributed by atoms with Crippen LogP contribution in [0, 0.1) is 16.0 Å². The topological polar surface area (TPSA) is 86.2 Å². The number of nitrogens with zero attached hydrogens (tertiary/aromatic N) is 1. The van der Waals surface area contributed by atoms with Gasteiger partial charge in [-0.3, -0.25) is 14.3 Å². The van der Waals surface area contributed by atoms with Crippen LogP contribution in [0.4, 0.5) is 11.4 Å². The predicted octanol–water partition coefficient (Wildman–Crippen LogP) is 2.59. The van der Waals surface area contributed by atoms with Crippen molar-refractivity contribution in [2.24, 2.45) is 5.92 Å². The summed E-state index contributed by atoms with van der Waals surface area (Å²) in [5, 5.41) is 11.0. The molecule has 0 saturated carbocycles.